The Hall–Kier alpha value is -2.22. The highest BCUT2D eigenvalue weighted by Crippen LogP contribution is 2.32. The number of aliphatic hydroxyl groups excluding tert-OH is 1. The first-order valence-corrected chi connectivity index (χ1v) is 12.7. The fourth-order valence-electron chi connectivity index (χ4n) is 4.16. The van der Waals surface area contributed by atoms with Gasteiger partial charge in [-0.15, -0.1) is 0 Å². The maximum atomic E-state index is 13.6. The largest absolute Gasteiger partial charge is 0.455 e. The molecule has 0 radical (unpaired) electrons. The number of esters is 1. The maximum Gasteiger partial charge on any atom is 0.311 e. The first-order valence-electron chi connectivity index (χ1n) is 11.3. The molecule has 182 valence electrons. The van der Waals surface area contributed by atoms with E-state index in [9.17, 15) is 18.3 Å². The molecule has 0 unspecified atom stereocenters. The molecule has 0 amide bonds. The summed E-state index contributed by atoms with van der Waals surface area (Å²) in [4.78, 5) is 13.2. The molecule has 0 aliphatic carbocycles. The van der Waals surface area contributed by atoms with E-state index in [0.29, 0.717) is 16.7 Å². The van der Waals surface area contributed by atoms with Crippen LogP contribution in [0.5, 0.6) is 0 Å². The van der Waals surface area contributed by atoms with E-state index in [0.717, 1.165) is 5.56 Å². The topological polar surface area (TPSA) is 83.9 Å². The summed E-state index contributed by atoms with van der Waals surface area (Å²) in [6.45, 7) is 12.5. The molecule has 2 aromatic carbocycles. The maximum absolute atomic E-state index is 13.6. The standard InChI is InChI=1S/C26H37NO5S/c1-16(2)23(28)20(6)26(29)32-24(22-12-10-9-11-13-22)21(7)27(8)33(30,31)25-18(4)14-17(3)15-19(25)5/h9-16,20-21,23-24,28H,1-8H3/t20-,21+,23+,24+/m1/s1. The lowest BCUT2D eigenvalue weighted by Gasteiger charge is -2.33. The average Bonchev–Trinajstić information content (AvgIpc) is 2.74. The third kappa shape index (κ3) is 6.02. The molecule has 0 fully saturated rings. The van der Waals surface area contributed by atoms with Crippen LogP contribution in [-0.2, 0) is 19.6 Å². The Labute approximate surface area is 198 Å². The third-order valence-electron chi connectivity index (χ3n) is 6.19. The van der Waals surface area contributed by atoms with Crippen molar-refractivity contribution >= 4 is 16.0 Å². The molecule has 0 bridgehead atoms. The summed E-state index contributed by atoms with van der Waals surface area (Å²) < 4.78 is 34.4. The Bertz CT molecular complexity index is 1040. The zero-order valence-electron chi connectivity index (χ0n) is 20.9. The van der Waals surface area contributed by atoms with Crippen LogP contribution in [0.2, 0.25) is 0 Å². The first kappa shape index (κ1) is 27.0. The molecule has 0 aliphatic rings. The molecule has 6 nitrogen and oxygen atoms in total. The van der Waals surface area contributed by atoms with Gasteiger partial charge in [0.2, 0.25) is 10.0 Å². The number of carbonyl (C=O) groups is 1. The molecule has 0 saturated heterocycles. The third-order valence-corrected chi connectivity index (χ3v) is 8.44. The second kappa shape index (κ2) is 10.8. The van der Waals surface area contributed by atoms with Crippen LogP contribution in [0.3, 0.4) is 0 Å². The van der Waals surface area contributed by atoms with E-state index in [1.54, 1.807) is 39.8 Å². The van der Waals surface area contributed by atoms with Gasteiger partial charge in [0.25, 0.3) is 0 Å². The minimum atomic E-state index is -3.86. The minimum absolute atomic E-state index is 0.115. The van der Waals surface area contributed by atoms with Crippen molar-refractivity contribution in [1.29, 1.82) is 0 Å². The lowest BCUT2D eigenvalue weighted by molar-refractivity contribution is -0.161. The van der Waals surface area contributed by atoms with Crippen molar-refractivity contribution in [2.45, 2.75) is 71.6 Å². The van der Waals surface area contributed by atoms with Gasteiger partial charge in [0, 0.05) is 7.05 Å². The van der Waals surface area contributed by atoms with E-state index in [4.69, 9.17) is 4.74 Å². The molecule has 33 heavy (non-hydrogen) atoms. The van der Waals surface area contributed by atoms with E-state index >= 15 is 0 Å². The van der Waals surface area contributed by atoms with Crippen LogP contribution in [-0.4, -0.2) is 43.0 Å². The molecule has 2 aromatic rings. The normalized spacial score (nSPS) is 15.8. The number of hydrogen-bond donors (Lipinski definition) is 1. The molecule has 4 atom stereocenters. The lowest BCUT2D eigenvalue weighted by atomic mass is 9.95. The SMILES string of the molecule is Cc1cc(C)c(S(=O)(=O)N(C)[C@@H](C)[C@H](OC(=O)[C@H](C)[C@@H](O)C(C)C)c2ccccc2)c(C)c1. The van der Waals surface area contributed by atoms with E-state index in [-0.39, 0.29) is 10.8 Å². The van der Waals surface area contributed by atoms with Crippen molar-refractivity contribution < 1.29 is 23.1 Å². The second-order valence-electron chi connectivity index (χ2n) is 9.28. The Morgan fingerprint density at radius 2 is 1.48 bits per heavy atom. The summed E-state index contributed by atoms with van der Waals surface area (Å²) in [5.41, 5.74) is 3.03. The number of likely N-dealkylation sites (N-methyl/N-ethyl adjacent to an activating group) is 1. The van der Waals surface area contributed by atoms with Crippen LogP contribution in [0.15, 0.2) is 47.4 Å². The highest BCUT2D eigenvalue weighted by atomic mass is 32.2. The fourth-order valence-corrected chi connectivity index (χ4v) is 5.93. The Morgan fingerprint density at radius 1 is 0.970 bits per heavy atom. The van der Waals surface area contributed by atoms with Crippen LogP contribution >= 0.6 is 0 Å². The molecule has 1 N–H and O–H groups in total. The number of benzene rings is 2. The fraction of sp³-hybridized carbons (Fsp3) is 0.500. The summed E-state index contributed by atoms with van der Waals surface area (Å²) in [6.07, 6.45) is -1.70. The van der Waals surface area contributed by atoms with Crippen molar-refractivity contribution in [2.75, 3.05) is 7.05 Å². The van der Waals surface area contributed by atoms with Gasteiger partial charge in [-0.25, -0.2) is 8.42 Å². The number of sulfonamides is 1. The van der Waals surface area contributed by atoms with Gasteiger partial charge in [-0.05, 0) is 57.2 Å². The molecule has 0 saturated carbocycles. The molecule has 0 spiro atoms. The Balaban J connectivity index is 2.44. The number of aliphatic hydroxyl groups is 1. The second-order valence-corrected chi connectivity index (χ2v) is 11.2. The molecule has 0 aliphatic heterocycles. The molecular weight excluding hydrogens is 438 g/mol. The van der Waals surface area contributed by atoms with Gasteiger partial charge in [-0.1, -0.05) is 61.9 Å². The minimum Gasteiger partial charge on any atom is -0.455 e. The van der Waals surface area contributed by atoms with Crippen LogP contribution in [0, 0.1) is 32.6 Å². The summed E-state index contributed by atoms with van der Waals surface area (Å²) >= 11 is 0. The average molecular weight is 476 g/mol. The predicted molar refractivity (Wildman–Crippen MR) is 130 cm³/mol. The zero-order valence-corrected chi connectivity index (χ0v) is 21.7. The van der Waals surface area contributed by atoms with Crippen molar-refractivity contribution in [3.05, 3.63) is 64.7 Å². The number of rotatable bonds is 9. The van der Waals surface area contributed by atoms with E-state index in [1.165, 1.54) is 11.4 Å². The van der Waals surface area contributed by atoms with Gasteiger partial charge in [0.1, 0.15) is 6.10 Å². The van der Waals surface area contributed by atoms with E-state index in [2.05, 4.69) is 0 Å². The number of carbonyl (C=O) groups excluding carboxylic acids is 1. The molecule has 0 heterocycles. The predicted octanol–water partition coefficient (Wildman–Crippen LogP) is 4.56. The summed E-state index contributed by atoms with van der Waals surface area (Å²) in [6, 6.07) is 12.1. The molecule has 7 heteroatoms. The lowest BCUT2D eigenvalue weighted by Crippen LogP contribution is -2.42. The summed E-state index contributed by atoms with van der Waals surface area (Å²) in [7, 11) is -2.35. The van der Waals surface area contributed by atoms with Gasteiger partial charge in [0.05, 0.1) is 23.0 Å². The zero-order chi connectivity index (χ0) is 25.1. The van der Waals surface area contributed by atoms with Crippen molar-refractivity contribution in [3.63, 3.8) is 0 Å². The number of ether oxygens (including phenoxy) is 1. The van der Waals surface area contributed by atoms with E-state index in [1.807, 2.05) is 51.1 Å². The van der Waals surface area contributed by atoms with Gasteiger partial charge < -0.3 is 9.84 Å². The highest BCUT2D eigenvalue weighted by molar-refractivity contribution is 7.89. The van der Waals surface area contributed by atoms with Gasteiger partial charge >= 0.3 is 5.97 Å². The number of aryl methyl sites for hydroxylation is 3. The monoisotopic (exact) mass is 475 g/mol. The van der Waals surface area contributed by atoms with Gasteiger partial charge in [-0.3, -0.25) is 4.79 Å². The van der Waals surface area contributed by atoms with Crippen LogP contribution in [0.4, 0.5) is 0 Å². The van der Waals surface area contributed by atoms with E-state index < -0.39 is 40.2 Å². The molecule has 2 rings (SSSR count). The Morgan fingerprint density at radius 3 is 1.97 bits per heavy atom. The Kier molecular flexibility index (Phi) is 8.85. The van der Waals surface area contributed by atoms with Crippen LogP contribution < -0.4 is 0 Å². The highest BCUT2D eigenvalue weighted by Gasteiger charge is 2.37. The van der Waals surface area contributed by atoms with Crippen molar-refractivity contribution in [2.24, 2.45) is 11.8 Å². The summed E-state index contributed by atoms with van der Waals surface area (Å²) in [5, 5.41) is 10.4. The van der Waals surface area contributed by atoms with Crippen LogP contribution in [0.25, 0.3) is 0 Å². The van der Waals surface area contributed by atoms with Gasteiger partial charge in [0.15, 0.2) is 0 Å². The number of nitrogens with zero attached hydrogens (tertiary/aromatic N) is 1. The quantitative estimate of drug-likeness (QED) is 0.538. The van der Waals surface area contributed by atoms with Crippen molar-refractivity contribution in [1.82, 2.24) is 4.31 Å². The number of hydrogen-bond acceptors (Lipinski definition) is 5. The van der Waals surface area contributed by atoms with Gasteiger partial charge in [-0.2, -0.15) is 4.31 Å². The summed E-state index contributed by atoms with van der Waals surface area (Å²) in [5.74, 6) is -1.42. The van der Waals surface area contributed by atoms with Crippen molar-refractivity contribution in [3.8, 4) is 0 Å². The van der Waals surface area contributed by atoms with Crippen LogP contribution in [0.1, 0.15) is 56.1 Å². The smallest absolute Gasteiger partial charge is 0.311 e. The molecule has 0 aromatic heterocycles. The molecular formula is C26H37NO5S. The first-order chi connectivity index (χ1) is 15.3.